The van der Waals surface area contributed by atoms with E-state index in [1.807, 2.05) is 29.8 Å². The lowest BCUT2D eigenvalue weighted by Crippen LogP contribution is -2.26. The van der Waals surface area contributed by atoms with Crippen molar-refractivity contribution >= 4 is 29.8 Å². The molecule has 0 spiro atoms. The molecule has 0 aromatic carbocycles. The largest absolute Gasteiger partial charge is 0.496 e. The highest BCUT2D eigenvalue weighted by Crippen LogP contribution is 2.26. The molecule has 1 fully saturated rings. The quantitative estimate of drug-likeness (QED) is 0.701. The van der Waals surface area contributed by atoms with Gasteiger partial charge in [0.1, 0.15) is 17.2 Å². The van der Waals surface area contributed by atoms with Gasteiger partial charge in [-0.1, -0.05) is 6.07 Å². The maximum absolute atomic E-state index is 12.8. The Morgan fingerprint density at radius 2 is 2.07 bits per heavy atom. The second-order valence-corrected chi connectivity index (χ2v) is 6.86. The van der Waals surface area contributed by atoms with Gasteiger partial charge in [0, 0.05) is 24.7 Å². The highest BCUT2D eigenvalue weighted by molar-refractivity contribution is 6.05. The minimum atomic E-state index is -0.262. The third kappa shape index (κ3) is 4.10. The molecular weight excluding hydrogens is 378 g/mol. The Kier molecular flexibility index (Phi) is 6.16. The molecule has 7 nitrogen and oxygen atoms in total. The zero-order valence-electron chi connectivity index (χ0n) is 15.9. The van der Waals surface area contributed by atoms with Crippen molar-refractivity contribution in [3.05, 3.63) is 53.6 Å². The lowest BCUT2D eigenvalue weighted by molar-refractivity contribution is 0.102. The molecule has 0 saturated carbocycles. The van der Waals surface area contributed by atoms with Crippen molar-refractivity contribution < 1.29 is 9.53 Å². The number of hydrogen-bond acceptors (Lipinski definition) is 5. The molecule has 1 amide bonds. The molecule has 2 N–H and O–H groups in total. The molecule has 0 unspecified atom stereocenters. The van der Waals surface area contributed by atoms with Gasteiger partial charge < -0.3 is 19.8 Å². The predicted molar refractivity (Wildman–Crippen MR) is 111 cm³/mol. The Labute approximate surface area is 169 Å². The zero-order chi connectivity index (χ0) is 18.8. The van der Waals surface area contributed by atoms with Crippen molar-refractivity contribution in [3.8, 4) is 5.75 Å². The smallest absolute Gasteiger partial charge is 0.262 e. The summed E-state index contributed by atoms with van der Waals surface area (Å²) >= 11 is 0. The van der Waals surface area contributed by atoms with Crippen LogP contribution < -0.4 is 15.4 Å². The number of nitrogens with zero attached hydrogens (tertiary/aromatic N) is 3. The van der Waals surface area contributed by atoms with Crippen LogP contribution in [-0.2, 0) is 0 Å². The molecule has 28 heavy (non-hydrogen) atoms. The summed E-state index contributed by atoms with van der Waals surface area (Å²) in [5.41, 5.74) is 3.28. The number of rotatable bonds is 4. The topological polar surface area (TPSA) is 80.5 Å². The van der Waals surface area contributed by atoms with Gasteiger partial charge in [0.25, 0.3) is 5.91 Å². The number of piperidine rings is 1. The molecule has 8 heteroatoms. The van der Waals surface area contributed by atoms with E-state index in [9.17, 15) is 4.79 Å². The monoisotopic (exact) mass is 401 g/mol. The Bertz CT molecular complexity index is 965. The summed E-state index contributed by atoms with van der Waals surface area (Å²) < 4.78 is 7.20. The summed E-state index contributed by atoms with van der Waals surface area (Å²) in [5.74, 6) is 1.29. The third-order valence-corrected chi connectivity index (χ3v) is 4.98. The summed E-state index contributed by atoms with van der Waals surface area (Å²) in [5, 5.41) is 6.23. The van der Waals surface area contributed by atoms with Gasteiger partial charge in [-0.05, 0) is 50.4 Å². The number of amides is 1. The van der Waals surface area contributed by atoms with Crippen molar-refractivity contribution in [2.75, 3.05) is 25.5 Å². The van der Waals surface area contributed by atoms with Crippen LogP contribution in [0.15, 0.2) is 36.8 Å². The zero-order valence-corrected chi connectivity index (χ0v) is 16.8. The van der Waals surface area contributed by atoms with Crippen molar-refractivity contribution in [2.24, 2.45) is 0 Å². The van der Waals surface area contributed by atoms with Crippen LogP contribution in [0.4, 0.5) is 5.82 Å². The standard InChI is InChI=1S/C20H23N5O2.ClH/c1-13-11-25-12-16(17(27-2)9-19(25)23-13)20(26)24-18-4-3-15(10-22-18)14-5-7-21-8-6-14;/h3-4,9-12,14,21H,5-8H2,1-2H3,(H,22,24,26);1H. The van der Waals surface area contributed by atoms with E-state index < -0.39 is 0 Å². The summed E-state index contributed by atoms with van der Waals surface area (Å²) in [6.45, 7) is 3.99. The maximum Gasteiger partial charge on any atom is 0.262 e. The number of aromatic nitrogens is 3. The number of hydrogen-bond donors (Lipinski definition) is 2. The van der Waals surface area contributed by atoms with Crippen LogP contribution in [-0.4, -0.2) is 40.5 Å². The van der Waals surface area contributed by atoms with Crippen LogP contribution in [0, 0.1) is 6.92 Å². The van der Waals surface area contributed by atoms with E-state index in [1.165, 1.54) is 5.56 Å². The van der Waals surface area contributed by atoms with Gasteiger partial charge in [0.15, 0.2) is 0 Å². The Balaban J connectivity index is 0.00000225. The highest BCUT2D eigenvalue weighted by Gasteiger charge is 2.17. The molecule has 0 atom stereocenters. The van der Waals surface area contributed by atoms with Crippen LogP contribution in [0.3, 0.4) is 0 Å². The Morgan fingerprint density at radius 3 is 2.75 bits per heavy atom. The number of anilines is 1. The number of pyridine rings is 2. The van der Waals surface area contributed by atoms with Crippen LogP contribution in [0.2, 0.25) is 0 Å². The number of carbonyl (C=O) groups excluding carboxylic acids is 1. The molecule has 4 rings (SSSR count). The molecule has 4 heterocycles. The van der Waals surface area contributed by atoms with E-state index in [1.54, 1.807) is 19.4 Å². The van der Waals surface area contributed by atoms with E-state index in [0.717, 1.165) is 37.3 Å². The fourth-order valence-electron chi connectivity index (χ4n) is 3.54. The summed E-state index contributed by atoms with van der Waals surface area (Å²) in [6, 6.07) is 5.68. The molecule has 1 saturated heterocycles. The van der Waals surface area contributed by atoms with Crippen LogP contribution in [0.5, 0.6) is 5.75 Å². The summed E-state index contributed by atoms with van der Waals surface area (Å²) in [7, 11) is 1.55. The number of methoxy groups -OCH3 is 1. The van der Waals surface area contributed by atoms with Gasteiger partial charge in [-0.2, -0.15) is 0 Å². The van der Waals surface area contributed by atoms with E-state index >= 15 is 0 Å². The Hall–Kier alpha value is -2.64. The van der Waals surface area contributed by atoms with Crippen molar-refractivity contribution in [1.29, 1.82) is 0 Å². The normalized spacial score (nSPS) is 14.5. The first-order valence-corrected chi connectivity index (χ1v) is 9.15. The molecule has 0 bridgehead atoms. The number of halogens is 1. The average molecular weight is 402 g/mol. The van der Waals surface area contributed by atoms with Crippen molar-refractivity contribution in [3.63, 3.8) is 0 Å². The lowest BCUT2D eigenvalue weighted by Gasteiger charge is -2.22. The van der Waals surface area contributed by atoms with Gasteiger partial charge in [-0.15, -0.1) is 12.4 Å². The first-order chi connectivity index (χ1) is 13.1. The molecule has 3 aromatic heterocycles. The number of ether oxygens (including phenoxy) is 1. The highest BCUT2D eigenvalue weighted by atomic mass is 35.5. The maximum atomic E-state index is 12.8. The summed E-state index contributed by atoms with van der Waals surface area (Å²) in [6.07, 6.45) is 7.71. The second-order valence-electron chi connectivity index (χ2n) is 6.86. The molecule has 0 radical (unpaired) electrons. The van der Waals surface area contributed by atoms with Crippen molar-refractivity contribution in [2.45, 2.75) is 25.7 Å². The lowest BCUT2D eigenvalue weighted by atomic mass is 9.91. The molecule has 3 aromatic rings. The van der Waals surface area contributed by atoms with Gasteiger partial charge in [0.05, 0.1) is 18.4 Å². The Morgan fingerprint density at radius 1 is 1.29 bits per heavy atom. The van der Waals surface area contributed by atoms with E-state index in [4.69, 9.17) is 4.74 Å². The first kappa shape index (κ1) is 20.1. The minimum Gasteiger partial charge on any atom is -0.496 e. The average Bonchev–Trinajstić information content (AvgIpc) is 3.07. The molecule has 1 aliphatic heterocycles. The van der Waals surface area contributed by atoms with Crippen LogP contribution in [0.25, 0.3) is 5.65 Å². The molecule has 0 aliphatic carbocycles. The van der Waals surface area contributed by atoms with Gasteiger partial charge in [0.2, 0.25) is 0 Å². The second kappa shape index (κ2) is 8.58. The van der Waals surface area contributed by atoms with E-state index in [0.29, 0.717) is 23.0 Å². The van der Waals surface area contributed by atoms with Gasteiger partial charge in [-0.25, -0.2) is 9.97 Å². The third-order valence-electron chi connectivity index (χ3n) is 4.98. The number of imidazole rings is 1. The minimum absolute atomic E-state index is 0. The van der Waals surface area contributed by atoms with E-state index in [-0.39, 0.29) is 18.3 Å². The SMILES string of the molecule is COc1cc2nc(C)cn2cc1C(=O)Nc1ccc(C2CCNCC2)cn1.Cl. The van der Waals surface area contributed by atoms with Gasteiger partial charge >= 0.3 is 0 Å². The van der Waals surface area contributed by atoms with Crippen LogP contribution in [0.1, 0.15) is 40.4 Å². The number of carbonyl (C=O) groups is 1. The van der Waals surface area contributed by atoms with E-state index in [2.05, 4.69) is 26.7 Å². The molecular formula is C20H24ClN5O2. The summed E-state index contributed by atoms with van der Waals surface area (Å²) in [4.78, 5) is 21.6. The molecule has 1 aliphatic rings. The van der Waals surface area contributed by atoms with Gasteiger partial charge in [-0.3, -0.25) is 4.79 Å². The first-order valence-electron chi connectivity index (χ1n) is 9.15. The molecule has 148 valence electrons. The number of fused-ring (bicyclic) bond motifs is 1. The fraction of sp³-hybridized carbons (Fsp3) is 0.350. The fourth-order valence-corrected chi connectivity index (χ4v) is 3.54. The number of nitrogens with one attached hydrogen (secondary N) is 2. The van der Waals surface area contributed by atoms with Crippen LogP contribution >= 0.6 is 12.4 Å². The number of aryl methyl sites for hydroxylation is 1. The predicted octanol–water partition coefficient (Wildman–Crippen LogP) is 3.19. The van der Waals surface area contributed by atoms with Crippen molar-refractivity contribution in [1.82, 2.24) is 19.7 Å².